The van der Waals surface area contributed by atoms with Crippen LogP contribution in [0.3, 0.4) is 0 Å². The Bertz CT molecular complexity index is 748. The van der Waals surface area contributed by atoms with Crippen LogP contribution in [-0.4, -0.2) is 20.4 Å². The average Bonchev–Trinajstić information content (AvgIpc) is 2.86. The van der Waals surface area contributed by atoms with E-state index < -0.39 is 0 Å². The fraction of sp³-hybridized carbons (Fsp3) is 0.125. The fourth-order valence-electron chi connectivity index (χ4n) is 2.28. The van der Waals surface area contributed by atoms with Gasteiger partial charge in [-0.05, 0) is 12.1 Å². The molecule has 100 valence electrons. The summed E-state index contributed by atoms with van der Waals surface area (Å²) in [5.41, 5.74) is 2.31. The molecule has 0 bridgehead atoms. The van der Waals surface area contributed by atoms with E-state index in [1.807, 2.05) is 42.5 Å². The molecule has 1 N–H and O–H groups in total. The Balaban J connectivity index is 2.00. The second-order valence-electron chi connectivity index (χ2n) is 4.55. The second kappa shape index (κ2) is 5.27. The van der Waals surface area contributed by atoms with Gasteiger partial charge >= 0.3 is 0 Å². The highest BCUT2D eigenvalue weighted by Gasteiger charge is 2.13. The molecule has 1 aromatic heterocycles. The third kappa shape index (κ3) is 2.21. The van der Waals surface area contributed by atoms with Crippen molar-refractivity contribution in [2.45, 2.75) is 13.2 Å². The zero-order valence-electron chi connectivity index (χ0n) is 10.9. The predicted octanol–water partition coefficient (Wildman–Crippen LogP) is 2.41. The van der Waals surface area contributed by atoms with Crippen LogP contribution in [0.5, 0.6) is 0 Å². The van der Waals surface area contributed by atoms with E-state index >= 15 is 0 Å². The van der Waals surface area contributed by atoms with Gasteiger partial charge in [-0.2, -0.15) is 0 Å². The molecule has 0 amide bonds. The van der Waals surface area contributed by atoms with Crippen LogP contribution in [0.1, 0.15) is 16.2 Å². The van der Waals surface area contributed by atoms with Gasteiger partial charge in [-0.15, -0.1) is 0 Å². The van der Waals surface area contributed by atoms with Crippen molar-refractivity contribution in [1.82, 2.24) is 9.55 Å². The third-order valence-electron chi connectivity index (χ3n) is 3.27. The number of para-hydroxylation sites is 2. The number of rotatable bonds is 4. The lowest BCUT2D eigenvalue weighted by molar-refractivity contribution is 0.0970. The molecule has 0 saturated heterocycles. The average molecular weight is 266 g/mol. The fourth-order valence-corrected chi connectivity index (χ4v) is 2.28. The van der Waals surface area contributed by atoms with Gasteiger partial charge in [-0.1, -0.05) is 42.5 Å². The Morgan fingerprint density at radius 3 is 2.50 bits per heavy atom. The van der Waals surface area contributed by atoms with Crippen LogP contribution in [0.2, 0.25) is 0 Å². The molecule has 4 nitrogen and oxygen atoms in total. The molecule has 20 heavy (non-hydrogen) atoms. The summed E-state index contributed by atoms with van der Waals surface area (Å²) in [6, 6.07) is 16.7. The number of hydrogen-bond acceptors (Lipinski definition) is 3. The van der Waals surface area contributed by atoms with Gasteiger partial charge < -0.3 is 9.67 Å². The highest BCUT2D eigenvalue weighted by molar-refractivity contribution is 5.96. The molecule has 1 heterocycles. The van der Waals surface area contributed by atoms with Gasteiger partial charge in [0.2, 0.25) is 0 Å². The molecule has 4 heteroatoms. The number of Topliss-reactive ketones (excluding diaryl/α,β-unsaturated/α-hetero) is 1. The monoisotopic (exact) mass is 266 g/mol. The molecular formula is C16H14N2O2. The first kappa shape index (κ1) is 12.6. The maximum absolute atomic E-state index is 12.3. The number of aliphatic hydroxyl groups excluding tert-OH is 1. The number of benzene rings is 2. The number of imidazole rings is 1. The van der Waals surface area contributed by atoms with Crippen molar-refractivity contribution in [3.63, 3.8) is 0 Å². The van der Waals surface area contributed by atoms with Crippen molar-refractivity contribution in [1.29, 1.82) is 0 Å². The molecule has 0 radical (unpaired) electrons. The van der Waals surface area contributed by atoms with E-state index in [-0.39, 0.29) is 18.9 Å². The predicted molar refractivity (Wildman–Crippen MR) is 76.4 cm³/mol. The minimum absolute atomic E-state index is 0.00320. The van der Waals surface area contributed by atoms with E-state index in [4.69, 9.17) is 0 Å². The number of nitrogens with zero attached hydrogens (tertiary/aromatic N) is 2. The van der Waals surface area contributed by atoms with Crippen molar-refractivity contribution >= 4 is 16.8 Å². The lowest BCUT2D eigenvalue weighted by Gasteiger charge is -2.07. The maximum Gasteiger partial charge on any atom is 0.182 e. The lowest BCUT2D eigenvalue weighted by Crippen LogP contribution is -2.13. The summed E-state index contributed by atoms with van der Waals surface area (Å²) < 4.78 is 1.77. The van der Waals surface area contributed by atoms with Crippen molar-refractivity contribution in [3.05, 3.63) is 66.0 Å². The first-order valence-corrected chi connectivity index (χ1v) is 6.43. The minimum atomic E-state index is -0.184. The molecule has 0 aliphatic heterocycles. The topological polar surface area (TPSA) is 55.1 Å². The van der Waals surface area contributed by atoms with Crippen LogP contribution >= 0.6 is 0 Å². The van der Waals surface area contributed by atoms with Gasteiger partial charge in [-0.25, -0.2) is 4.98 Å². The number of carbonyl (C=O) groups excluding carboxylic acids is 1. The van der Waals surface area contributed by atoms with E-state index in [1.165, 1.54) is 0 Å². The molecule has 0 spiro atoms. The number of fused-ring (bicyclic) bond motifs is 1. The largest absolute Gasteiger partial charge is 0.388 e. The van der Waals surface area contributed by atoms with Crippen molar-refractivity contribution < 1.29 is 9.90 Å². The van der Waals surface area contributed by atoms with Crippen LogP contribution in [0.25, 0.3) is 11.0 Å². The van der Waals surface area contributed by atoms with Gasteiger partial charge in [0.1, 0.15) is 12.4 Å². The number of hydrogen-bond donors (Lipinski definition) is 1. The molecule has 0 saturated carbocycles. The van der Waals surface area contributed by atoms with Gasteiger partial charge in [0.15, 0.2) is 5.78 Å². The lowest BCUT2D eigenvalue weighted by atomic mass is 10.1. The van der Waals surface area contributed by atoms with Crippen LogP contribution in [-0.2, 0) is 13.2 Å². The number of ketones is 1. The van der Waals surface area contributed by atoms with Gasteiger partial charge in [0, 0.05) is 5.56 Å². The van der Waals surface area contributed by atoms with Crippen LogP contribution in [0.4, 0.5) is 0 Å². The molecule has 0 atom stereocenters. The van der Waals surface area contributed by atoms with E-state index in [1.54, 1.807) is 16.7 Å². The molecule has 3 aromatic rings. The van der Waals surface area contributed by atoms with Crippen LogP contribution < -0.4 is 0 Å². The first-order chi connectivity index (χ1) is 9.79. The Kier molecular flexibility index (Phi) is 3.31. The van der Waals surface area contributed by atoms with Gasteiger partial charge in [0.05, 0.1) is 17.6 Å². The Morgan fingerprint density at radius 2 is 1.75 bits per heavy atom. The van der Waals surface area contributed by atoms with E-state index in [2.05, 4.69) is 4.98 Å². The van der Waals surface area contributed by atoms with Crippen molar-refractivity contribution in [3.8, 4) is 0 Å². The molecule has 0 fully saturated rings. The SMILES string of the molecule is O=C(Cn1c(CO)nc2ccccc21)c1ccccc1. The van der Waals surface area contributed by atoms with Gasteiger partial charge in [-0.3, -0.25) is 4.79 Å². The molecule has 0 aliphatic carbocycles. The van der Waals surface area contributed by atoms with E-state index in [0.717, 1.165) is 11.0 Å². The molecule has 3 rings (SSSR count). The maximum atomic E-state index is 12.3. The number of carbonyl (C=O) groups is 1. The standard InChI is InChI=1S/C16H14N2O2/c19-11-16-17-13-8-4-5-9-14(13)18(16)10-15(20)12-6-2-1-3-7-12/h1-9,19H,10-11H2. The molecular weight excluding hydrogens is 252 g/mol. The molecule has 0 aliphatic rings. The van der Waals surface area contributed by atoms with E-state index in [0.29, 0.717) is 11.4 Å². The Hall–Kier alpha value is -2.46. The summed E-state index contributed by atoms with van der Waals surface area (Å²) in [7, 11) is 0. The summed E-state index contributed by atoms with van der Waals surface area (Å²) >= 11 is 0. The highest BCUT2D eigenvalue weighted by atomic mass is 16.3. The Labute approximate surface area is 116 Å². The van der Waals surface area contributed by atoms with Gasteiger partial charge in [0.25, 0.3) is 0 Å². The minimum Gasteiger partial charge on any atom is -0.388 e. The number of aromatic nitrogens is 2. The quantitative estimate of drug-likeness (QED) is 0.738. The summed E-state index contributed by atoms with van der Waals surface area (Å²) in [5.74, 6) is 0.513. The summed E-state index contributed by atoms with van der Waals surface area (Å²) in [5, 5.41) is 9.41. The van der Waals surface area contributed by atoms with Crippen LogP contribution in [0.15, 0.2) is 54.6 Å². The third-order valence-corrected chi connectivity index (χ3v) is 3.27. The highest BCUT2D eigenvalue weighted by Crippen LogP contribution is 2.17. The number of aliphatic hydroxyl groups is 1. The molecule has 2 aromatic carbocycles. The molecule has 0 unspecified atom stereocenters. The normalized spacial score (nSPS) is 10.8. The Morgan fingerprint density at radius 1 is 1.05 bits per heavy atom. The van der Waals surface area contributed by atoms with Crippen LogP contribution in [0, 0.1) is 0 Å². The summed E-state index contributed by atoms with van der Waals surface area (Å²) in [6.07, 6.45) is 0. The zero-order valence-corrected chi connectivity index (χ0v) is 10.9. The van der Waals surface area contributed by atoms with E-state index in [9.17, 15) is 9.90 Å². The van der Waals surface area contributed by atoms with Crippen molar-refractivity contribution in [2.24, 2.45) is 0 Å². The summed E-state index contributed by atoms with van der Waals surface area (Å²) in [4.78, 5) is 16.6. The van der Waals surface area contributed by atoms with Crippen molar-refractivity contribution in [2.75, 3.05) is 0 Å². The second-order valence-corrected chi connectivity index (χ2v) is 4.55. The summed E-state index contributed by atoms with van der Waals surface area (Å²) in [6.45, 7) is -0.00281. The zero-order chi connectivity index (χ0) is 13.9. The first-order valence-electron chi connectivity index (χ1n) is 6.43. The smallest absolute Gasteiger partial charge is 0.182 e.